The van der Waals surface area contributed by atoms with Gasteiger partial charge in [0.2, 0.25) is 0 Å². The van der Waals surface area contributed by atoms with Crippen molar-refractivity contribution >= 4 is 0 Å². The zero-order valence-corrected chi connectivity index (χ0v) is 12.7. The Hall–Kier alpha value is -2.69. The Morgan fingerprint density at radius 3 is 2.64 bits per heavy atom. The van der Waals surface area contributed by atoms with Gasteiger partial charge in [-0.3, -0.25) is 4.79 Å². The van der Waals surface area contributed by atoms with Crippen LogP contribution in [0.5, 0.6) is 0 Å². The zero-order chi connectivity index (χ0) is 15.5. The third-order valence-corrected chi connectivity index (χ3v) is 3.86. The molecule has 0 bridgehead atoms. The molecule has 5 heteroatoms. The van der Waals surface area contributed by atoms with Crippen LogP contribution in [0.25, 0.3) is 11.1 Å². The molecule has 0 radical (unpaired) electrons. The van der Waals surface area contributed by atoms with Crippen LogP contribution in [0.1, 0.15) is 17.2 Å². The van der Waals surface area contributed by atoms with Gasteiger partial charge in [0.15, 0.2) is 0 Å². The lowest BCUT2D eigenvalue weighted by Gasteiger charge is -2.16. The highest BCUT2D eigenvalue weighted by molar-refractivity contribution is 5.64. The number of H-pyrrole nitrogens is 1. The minimum atomic E-state index is -0.168. The Morgan fingerprint density at radius 1 is 1.18 bits per heavy atom. The summed E-state index contributed by atoms with van der Waals surface area (Å²) in [5, 5.41) is 0. The number of aromatic nitrogens is 4. The highest BCUT2D eigenvalue weighted by Gasteiger charge is 2.13. The largest absolute Gasteiger partial charge is 0.348 e. The van der Waals surface area contributed by atoms with E-state index in [2.05, 4.69) is 19.5 Å². The van der Waals surface area contributed by atoms with E-state index in [9.17, 15) is 4.79 Å². The van der Waals surface area contributed by atoms with Crippen LogP contribution in [0.3, 0.4) is 0 Å². The van der Waals surface area contributed by atoms with E-state index in [-0.39, 0.29) is 5.56 Å². The van der Waals surface area contributed by atoms with Gasteiger partial charge in [-0.2, -0.15) is 4.98 Å². The molecule has 22 heavy (non-hydrogen) atoms. The molecule has 112 valence electrons. The van der Waals surface area contributed by atoms with E-state index in [1.165, 1.54) is 0 Å². The molecule has 1 N–H and O–H groups in total. The first-order chi connectivity index (χ1) is 10.7. The van der Waals surface area contributed by atoms with Crippen molar-refractivity contribution in [1.29, 1.82) is 0 Å². The molecule has 3 aromatic rings. The third kappa shape index (κ3) is 2.70. The van der Waals surface area contributed by atoms with Gasteiger partial charge < -0.3 is 9.55 Å². The van der Waals surface area contributed by atoms with Gasteiger partial charge in [-0.25, -0.2) is 4.98 Å². The summed E-state index contributed by atoms with van der Waals surface area (Å²) >= 11 is 0. The van der Waals surface area contributed by atoms with Crippen LogP contribution >= 0.6 is 0 Å². The summed E-state index contributed by atoms with van der Waals surface area (Å²) in [4.78, 5) is 23.6. The molecule has 0 unspecified atom stereocenters. The number of nitrogens with one attached hydrogen (secondary N) is 1. The lowest BCUT2D eigenvalue weighted by atomic mass is 10.1. The minimum absolute atomic E-state index is 0.168. The Balaban J connectivity index is 2.02. The number of hydrogen-bond acceptors (Lipinski definition) is 3. The molecule has 5 nitrogen and oxygen atoms in total. The first-order valence-corrected chi connectivity index (χ1v) is 7.27. The number of aromatic amines is 1. The Kier molecular flexibility index (Phi) is 3.87. The average Bonchev–Trinajstić information content (AvgIpc) is 3.01. The SMILES string of the molecule is Cc1nc(=O)c(-c2ccccc2)c(C)n1CCc1cnc[nH]1. The molecule has 0 amide bonds. The number of rotatable bonds is 4. The van der Waals surface area contributed by atoms with E-state index in [1.807, 2.05) is 50.4 Å². The molecule has 0 atom stereocenters. The van der Waals surface area contributed by atoms with Crippen LogP contribution in [0.15, 0.2) is 47.7 Å². The van der Waals surface area contributed by atoms with Crippen molar-refractivity contribution in [2.45, 2.75) is 26.8 Å². The summed E-state index contributed by atoms with van der Waals surface area (Å²) in [5.74, 6) is 0.738. The molecule has 2 aromatic heterocycles. The molecule has 0 spiro atoms. The maximum absolute atomic E-state index is 12.3. The van der Waals surface area contributed by atoms with Gasteiger partial charge in [0, 0.05) is 30.6 Å². The van der Waals surface area contributed by atoms with Crippen molar-refractivity contribution in [1.82, 2.24) is 19.5 Å². The lowest BCUT2D eigenvalue weighted by molar-refractivity contribution is 0.624. The van der Waals surface area contributed by atoms with Gasteiger partial charge in [-0.05, 0) is 19.4 Å². The Bertz CT molecular complexity index is 820. The van der Waals surface area contributed by atoms with Gasteiger partial charge in [0.05, 0.1) is 11.9 Å². The molecule has 0 saturated carbocycles. The van der Waals surface area contributed by atoms with Crippen molar-refractivity contribution in [3.63, 3.8) is 0 Å². The molecular formula is C17H18N4O. The van der Waals surface area contributed by atoms with Crippen LogP contribution < -0.4 is 5.56 Å². The van der Waals surface area contributed by atoms with Gasteiger partial charge in [0.25, 0.3) is 5.56 Å². The van der Waals surface area contributed by atoms with Crippen molar-refractivity contribution in [3.05, 3.63) is 70.4 Å². The normalized spacial score (nSPS) is 10.8. The molecular weight excluding hydrogens is 276 g/mol. The van der Waals surface area contributed by atoms with Crippen LogP contribution in [0, 0.1) is 13.8 Å². The molecule has 0 aliphatic carbocycles. The predicted molar refractivity (Wildman–Crippen MR) is 85.7 cm³/mol. The number of aryl methyl sites for hydroxylation is 2. The van der Waals surface area contributed by atoms with Gasteiger partial charge in [0.1, 0.15) is 5.82 Å². The van der Waals surface area contributed by atoms with E-state index in [0.717, 1.165) is 35.7 Å². The standard InChI is InChI=1S/C17H18N4O/c1-12-16(14-6-4-3-5-7-14)17(22)20-13(2)21(12)9-8-15-10-18-11-19-15/h3-7,10-11H,8-9H2,1-2H3,(H,18,19). The summed E-state index contributed by atoms with van der Waals surface area (Å²) in [6.07, 6.45) is 4.31. The summed E-state index contributed by atoms with van der Waals surface area (Å²) in [7, 11) is 0. The first kappa shape index (κ1) is 14.3. The highest BCUT2D eigenvalue weighted by atomic mass is 16.1. The molecule has 0 saturated heterocycles. The van der Waals surface area contributed by atoms with Gasteiger partial charge >= 0.3 is 0 Å². The second-order valence-corrected chi connectivity index (χ2v) is 5.27. The second kappa shape index (κ2) is 5.97. The smallest absolute Gasteiger partial charge is 0.281 e. The second-order valence-electron chi connectivity index (χ2n) is 5.27. The molecule has 3 rings (SSSR count). The fourth-order valence-electron chi connectivity index (χ4n) is 2.72. The van der Waals surface area contributed by atoms with E-state index >= 15 is 0 Å². The molecule has 0 aliphatic rings. The van der Waals surface area contributed by atoms with Crippen molar-refractivity contribution in [2.24, 2.45) is 0 Å². The van der Waals surface area contributed by atoms with Gasteiger partial charge in [-0.15, -0.1) is 0 Å². The average molecular weight is 294 g/mol. The lowest BCUT2D eigenvalue weighted by Crippen LogP contribution is -2.22. The summed E-state index contributed by atoms with van der Waals surface area (Å²) in [6, 6.07) is 9.70. The van der Waals surface area contributed by atoms with E-state index in [0.29, 0.717) is 5.56 Å². The number of nitrogens with zero attached hydrogens (tertiary/aromatic N) is 3. The van der Waals surface area contributed by atoms with E-state index in [4.69, 9.17) is 0 Å². The van der Waals surface area contributed by atoms with Crippen LogP contribution in [-0.4, -0.2) is 19.5 Å². The third-order valence-electron chi connectivity index (χ3n) is 3.86. The monoisotopic (exact) mass is 294 g/mol. The first-order valence-electron chi connectivity index (χ1n) is 7.27. The van der Waals surface area contributed by atoms with Crippen LogP contribution in [-0.2, 0) is 13.0 Å². The maximum Gasteiger partial charge on any atom is 0.281 e. The highest BCUT2D eigenvalue weighted by Crippen LogP contribution is 2.19. The van der Waals surface area contributed by atoms with Crippen molar-refractivity contribution in [3.8, 4) is 11.1 Å². The van der Waals surface area contributed by atoms with E-state index < -0.39 is 0 Å². The van der Waals surface area contributed by atoms with Crippen LogP contribution in [0.4, 0.5) is 0 Å². The molecule has 0 aliphatic heterocycles. The van der Waals surface area contributed by atoms with Gasteiger partial charge in [-0.1, -0.05) is 30.3 Å². The predicted octanol–water partition coefficient (Wildman–Crippen LogP) is 2.49. The number of hydrogen-bond donors (Lipinski definition) is 1. The van der Waals surface area contributed by atoms with Crippen molar-refractivity contribution < 1.29 is 0 Å². The summed E-state index contributed by atoms with van der Waals surface area (Å²) < 4.78 is 2.09. The zero-order valence-electron chi connectivity index (χ0n) is 12.7. The fourth-order valence-corrected chi connectivity index (χ4v) is 2.72. The Morgan fingerprint density at radius 2 is 1.95 bits per heavy atom. The number of imidazole rings is 1. The topological polar surface area (TPSA) is 63.6 Å². The quantitative estimate of drug-likeness (QED) is 0.804. The van der Waals surface area contributed by atoms with E-state index in [1.54, 1.807) is 6.33 Å². The minimum Gasteiger partial charge on any atom is -0.348 e. The molecule has 2 heterocycles. The summed E-state index contributed by atoms with van der Waals surface area (Å²) in [5.41, 5.74) is 3.43. The molecule has 1 aromatic carbocycles. The number of benzene rings is 1. The Labute approximate surface area is 128 Å². The summed E-state index contributed by atoms with van der Waals surface area (Å²) in [6.45, 7) is 4.61. The fraction of sp³-hybridized carbons (Fsp3) is 0.235. The van der Waals surface area contributed by atoms with Crippen LogP contribution in [0.2, 0.25) is 0 Å². The maximum atomic E-state index is 12.3. The molecule has 0 fully saturated rings. The van der Waals surface area contributed by atoms with Crippen molar-refractivity contribution in [2.75, 3.05) is 0 Å².